The molecule has 0 aliphatic heterocycles. The number of benzene rings is 1. The summed E-state index contributed by atoms with van der Waals surface area (Å²) in [5.41, 5.74) is -0.519. The topological polar surface area (TPSA) is 89.1 Å². The SMILES string of the molecule is CCCC(C)COc1c(O)c2c(OCCO)cccc2oc1=O. The van der Waals surface area contributed by atoms with Crippen molar-refractivity contribution in [2.24, 2.45) is 5.92 Å². The van der Waals surface area contributed by atoms with Gasteiger partial charge in [0.1, 0.15) is 23.3 Å². The highest BCUT2D eigenvalue weighted by Gasteiger charge is 2.19. The monoisotopic (exact) mass is 322 g/mol. The highest BCUT2D eigenvalue weighted by Crippen LogP contribution is 2.37. The molecule has 2 aromatic rings. The lowest BCUT2D eigenvalue weighted by atomic mass is 10.1. The van der Waals surface area contributed by atoms with E-state index < -0.39 is 5.63 Å². The normalized spacial score (nSPS) is 12.3. The predicted molar refractivity (Wildman–Crippen MR) is 86.3 cm³/mol. The first-order valence-electron chi connectivity index (χ1n) is 7.73. The Morgan fingerprint density at radius 3 is 2.78 bits per heavy atom. The largest absolute Gasteiger partial charge is 0.503 e. The van der Waals surface area contributed by atoms with Gasteiger partial charge in [-0.05, 0) is 24.5 Å². The fourth-order valence-corrected chi connectivity index (χ4v) is 2.39. The molecule has 2 N–H and O–H groups in total. The Bertz CT molecular complexity index is 706. The average molecular weight is 322 g/mol. The molecule has 126 valence electrons. The van der Waals surface area contributed by atoms with Crippen molar-refractivity contribution in [1.82, 2.24) is 0 Å². The zero-order valence-corrected chi connectivity index (χ0v) is 13.4. The Hall–Kier alpha value is -2.21. The molecule has 0 saturated carbocycles. The Kier molecular flexibility index (Phi) is 5.87. The summed E-state index contributed by atoms with van der Waals surface area (Å²) < 4.78 is 16.1. The van der Waals surface area contributed by atoms with E-state index in [0.29, 0.717) is 12.4 Å². The van der Waals surface area contributed by atoms with E-state index in [2.05, 4.69) is 6.92 Å². The van der Waals surface area contributed by atoms with E-state index in [9.17, 15) is 9.90 Å². The molecule has 0 saturated heterocycles. The van der Waals surface area contributed by atoms with Crippen molar-refractivity contribution < 1.29 is 24.1 Å². The maximum absolute atomic E-state index is 12.0. The van der Waals surface area contributed by atoms with Gasteiger partial charge >= 0.3 is 5.63 Å². The molecule has 0 aliphatic rings. The molecule has 0 fully saturated rings. The maximum Gasteiger partial charge on any atom is 0.383 e. The minimum atomic E-state index is -0.724. The summed E-state index contributed by atoms with van der Waals surface area (Å²) in [6.07, 6.45) is 1.98. The third-order valence-corrected chi connectivity index (χ3v) is 3.47. The van der Waals surface area contributed by atoms with Gasteiger partial charge in [-0.3, -0.25) is 0 Å². The molecule has 1 atom stereocenters. The second kappa shape index (κ2) is 7.87. The molecular formula is C17H22O6. The van der Waals surface area contributed by atoms with E-state index in [1.54, 1.807) is 18.2 Å². The number of ether oxygens (including phenoxy) is 2. The number of aliphatic hydroxyl groups is 1. The van der Waals surface area contributed by atoms with Crippen LogP contribution in [-0.4, -0.2) is 30.0 Å². The van der Waals surface area contributed by atoms with Crippen LogP contribution in [0.5, 0.6) is 17.2 Å². The van der Waals surface area contributed by atoms with Crippen LogP contribution in [-0.2, 0) is 0 Å². The zero-order valence-electron chi connectivity index (χ0n) is 13.4. The summed E-state index contributed by atoms with van der Waals surface area (Å²) in [7, 11) is 0. The Labute approximate surface area is 134 Å². The van der Waals surface area contributed by atoms with Gasteiger partial charge in [0.2, 0.25) is 5.75 Å². The van der Waals surface area contributed by atoms with Crippen LogP contribution >= 0.6 is 0 Å². The van der Waals surface area contributed by atoms with Gasteiger partial charge in [-0.25, -0.2) is 4.79 Å². The molecular weight excluding hydrogens is 300 g/mol. The van der Waals surface area contributed by atoms with Crippen molar-refractivity contribution in [1.29, 1.82) is 0 Å². The minimum absolute atomic E-state index is 0.0708. The van der Waals surface area contributed by atoms with Crippen LogP contribution in [0.4, 0.5) is 0 Å². The third-order valence-electron chi connectivity index (χ3n) is 3.47. The van der Waals surface area contributed by atoms with Crippen LogP contribution in [0.1, 0.15) is 26.7 Å². The van der Waals surface area contributed by atoms with Crippen LogP contribution in [0.25, 0.3) is 11.0 Å². The predicted octanol–water partition coefficient (Wildman–Crippen LogP) is 2.68. The van der Waals surface area contributed by atoms with Crippen LogP contribution in [0.2, 0.25) is 0 Å². The molecule has 0 aliphatic carbocycles. The second-order valence-electron chi connectivity index (χ2n) is 5.47. The number of hydrogen-bond donors (Lipinski definition) is 2. The fraction of sp³-hybridized carbons (Fsp3) is 0.471. The van der Waals surface area contributed by atoms with Crippen LogP contribution in [0, 0.1) is 5.92 Å². The van der Waals surface area contributed by atoms with Crippen molar-refractivity contribution in [3.63, 3.8) is 0 Å². The van der Waals surface area contributed by atoms with Gasteiger partial charge < -0.3 is 24.1 Å². The molecule has 1 heterocycles. The van der Waals surface area contributed by atoms with Crippen LogP contribution < -0.4 is 15.1 Å². The number of hydrogen-bond acceptors (Lipinski definition) is 6. The molecule has 0 radical (unpaired) electrons. The summed E-state index contributed by atoms with van der Waals surface area (Å²) >= 11 is 0. The molecule has 1 aromatic heterocycles. The van der Waals surface area contributed by atoms with E-state index in [1.807, 2.05) is 6.92 Å². The van der Waals surface area contributed by atoms with Gasteiger partial charge in [-0.2, -0.15) is 0 Å². The zero-order chi connectivity index (χ0) is 16.8. The van der Waals surface area contributed by atoms with Crippen molar-refractivity contribution in [2.75, 3.05) is 19.8 Å². The standard InChI is InChI=1S/C17H22O6/c1-3-5-11(2)10-22-16-15(19)14-12(21-9-8-18)6-4-7-13(14)23-17(16)20/h4,6-7,11,18-19H,3,5,8-10H2,1-2H3. The molecule has 0 spiro atoms. The summed E-state index contributed by atoms with van der Waals surface area (Å²) in [6, 6.07) is 4.83. The van der Waals surface area contributed by atoms with Gasteiger partial charge in [-0.15, -0.1) is 0 Å². The molecule has 0 amide bonds. The van der Waals surface area contributed by atoms with E-state index in [4.69, 9.17) is 19.0 Å². The molecule has 6 nitrogen and oxygen atoms in total. The fourth-order valence-electron chi connectivity index (χ4n) is 2.39. The van der Waals surface area contributed by atoms with Crippen molar-refractivity contribution in [2.45, 2.75) is 26.7 Å². The van der Waals surface area contributed by atoms with Gasteiger partial charge in [0.25, 0.3) is 0 Å². The van der Waals surface area contributed by atoms with Gasteiger partial charge in [0.05, 0.1) is 13.2 Å². The Morgan fingerprint density at radius 2 is 2.09 bits per heavy atom. The summed E-state index contributed by atoms with van der Waals surface area (Å²) in [4.78, 5) is 12.0. The molecule has 23 heavy (non-hydrogen) atoms. The van der Waals surface area contributed by atoms with Crippen molar-refractivity contribution in [3.8, 4) is 17.2 Å². The van der Waals surface area contributed by atoms with Crippen molar-refractivity contribution in [3.05, 3.63) is 28.6 Å². The highest BCUT2D eigenvalue weighted by molar-refractivity contribution is 5.91. The molecule has 6 heteroatoms. The molecule has 1 unspecified atom stereocenters. The lowest BCUT2D eigenvalue weighted by Gasteiger charge is -2.14. The Balaban J connectivity index is 2.39. The van der Waals surface area contributed by atoms with E-state index in [0.717, 1.165) is 12.8 Å². The van der Waals surface area contributed by atoms with Gasteiger partial charge in [0, 0.05) is 0 Å². The highest BCUT2D eigenvalue weighted by atomic mass is 16.5. The van der Waals surface area contributed by atoms with E-state index in [-0.39, 0.29) is 41.6 Å². The summed E-state index contributed by atoms with van der Waals surface area (Å²) in [5, 5.41) is 19.6. The number of aliphatic hydroxyl groups excluding tert-OH is 1. The first kappa shape index (κ1) is 17.1. The molecule has 1 aromatic carbocycles. The quantitative estimate of drug-likeness (QED) is 0.726. The lowest BCUT2D eigenvalue weighted by molar-refractivity contribution is 0.202. The van der Waals surface area contributed by atoms with Crippen LogP contribution in [0.3, 0.4) is 0 Å². The maximum atomic E-state index is 12.0. The first-order chi connectivity index (χ1) is 11.1. The molecule has 0 bridgehead atoms. The molecule has 2 rings (SSSR count). The average Bonchev–Trinajstić information content (AvgIpc) is 2.52. The third kappa shape index (κ3) is 3.96. The lowest BCUT2D eigenvalue weighted by Crippen LogP contribution is -2.14. The van der Waals surface area contributed by atoms with Crippen molar-refractivity contribution >= 4 is 11.0 Å². The Morgan fingerprint density at radius 1 is 1.30 bits per heavy atom. The number of fused-ring (bicyclic) bond motifs is 1. The summed E-state index contributed by atoms with van der Waals surface area (Å²) in [6.45, 7) is 4.31. The minimum Gasteiger partial charge on any atom is -0.503 e. The number of aromatic hydroxyl groups is 1. The van der Waals surface area contributed by atoms with Gasteiger partial charge in [-0.1, -0.05) is 26.3 Å². The smallest absolute Gasteiger partial charge is 0.383 e. The number of rotatable bonds is 8. The van der Waals surface area contributed by atoms with E-state index in [1.165, 1.54) is 0 Å². The van der Waals surface area contributed by atoms with Crippen LogP contribution in [0.15, 0.2) is 27.4 Å². The van der Waals surface area contributed by atoms with E-state index >= 15 is 0 Å². The van der Waals surface area contributed by atoms with Gasteiger partial charge in [0.15, 0.2) is 5.75 Å². The second-order valence-corrected chi connectivity index (χ2v) is 5.47. The first-order valence-corrected chi connectivity index (χ1v) is 7.73. The summed E-state index contributed by atoms with van der Waals surface area (Å²) in [5.74, 6) is 0.0774.